The number of nitrogens with zero attached hydrogens (tertiary/aromatic N) is 5. The number of hydrogen-bond donors (Lipinski definition) is 3. The summed E-state index contributed by atoms with van der Waals surface area (Å²) in [7, 11) is 2.16. The number of amides is 5. The van der Waals surface area contributed by atoms with Gasteiger partial charge in [0.2, 0.25) is 5.91 Å². The molecule has 16 heteroatoms. The molecule has 0 aliphatic carbocycles. The second kappa shape index (κ2) is 14.0. The number of benzene rings is 1. The number of aromatic hydroxyl groups is 1. The average Bonchev–Trinajstić information content (AvgIpc) is 3.79. The lowest BCUT2D eigenvalue weighted by Crippen LogP contribution is -2.58. The Balaban J connectivity index is 1.02. The van der Waals surface area contributed by atoms with Crippen molar-refractivity contribution in [3.8, 4) is 5.75 Å². The highest BCUT2D eigenvalue weighted by Crippen LogP contribution is 2.41. The van der Waals surface area contributed by atoms with Crippen LogP contribution in [0.3, 0.4) is 0 Å². The molecule has 7 rings (SSSR count). The zero-order valence-electron chi connectivity index (χ0n) is 27.9. The summed E-state index contributed by atoms with van der Waals surface area (Å²) in [5.41, 5.74) is 0.729. The fraction of sp³-hybridized carbons (Fsp3) is 0.618. The fourth-order valence-electron chi connectivity index (χ4n) is 8.53. The van der Waals surface area contributed by atoms with Crippen LogP contribution in [0.2, 0.25) is 5.02 Å². The second-order valence-electron chi connectivity index (χ2n) is 14.3. The molecule has 2 unspecified atom stereocenters. The molecule has 6 heterocycles. The van der Waals surface area contributed by atoms with E-state index in [1.807, 2.05) is 15.7 Å². The topological polar surface area (TPSA) is 112 Å². The van der Waals surface area contributed by atoms with Gasteiger partial charge in [-0.1, -0.05) is 11.6 Å². The van der Waals surface area contributed by atoms with Crippen molar-refractivity contribution in [1.29, 1.82) is 0 Å². The lowest BCUT2D eigenvalue weighted by Gasteiger charge is -2.42. The number of rotatable bonds is 6. The Kier molecular flexibility index (Phi) is 9.87. The first-order valence-corrected chi connectivity index (χ1v) is 18.7. The third-order valence-corrected chi connectivity index (χ3v) is 12.4. The van der Waals surface area contributed by atoms with Gasteiger partial charge >= 0.3 is 18.2 Å². The summed E-state index contributed by atoms with van der Waals surface area (Å²) in [6.07, 6.45) is -0.513. The molecule has 5 amide bonds. The molecule has 50 heavy (non-hydrogen) atoms. The van der Waals surface area contributed by atoms with Gasteiger partial charge in [0.1, 0.15) is 11.8 Å². The van der Waals surface area contributed by atoms with Crippen LogP contribution in [0.25, 0.3) is 0 Å². The zero-order valence-corrected chi connectivity index (χ0v) is 29.5. The van der Waals surface area contributed by atoms with E-state index in [1.54, 1.807) is 21.1 Å². The number of piperidine rings is 2. The van der Waals surface area contributed by atoms with Crippen molar-refractivity contribution in [3.63, 3.8) is 0 Å². The number of fused-ring (bicyclic) bond motifs is 3. The van der Waals surface area contributed by atoms with E-state index in [9.17, 15) is 32.7 Å². The van der Waals surface area contributed by atoms with Crippen LogP contribution in [0.15, 0.2) is 22.9 Å². The van der Waals surface area contributed by atoms with Gasteiger partial charge < -0.3 is 35.3 Å². The summed E-state index contributed by atoms with van der Waals surface area (Å²) in [5.74, 6) is -1.43. The quantitative estimate of drug-likeness (QED) is 0.398. The highest BCUT2D eigenvalue weighted by molar-refractivity contribution is 7.08. The summed E-state index contributed by atoms with van der Waals surface area (Å²) in [4.78, 5) is 50.8. The number of likely N-dealkylation sites (tertiary alicyclic amines) is 4. The molecule has 0 radical (unpaired) electrons. The molecule has 272 valence electrons. The van der Waals surface area contributed by atoms with Gasteiger partial charge in [-0.3, -0.25) is 9.69 Å². The number of urea groups is 2. The number of halogens is 4. The predicted octanol–water partition coefficient (Wildman–Crippen LogP) is 4.68. The summed E-state index contributed by atoms with van der Waals surface area (Å²) < 4.78 is 41.3. The summed E-state index contributed by atoms with van der Waals surface area (Å²) >= 11 is 7.57. The van der Waals surface area contributed by atoms with Gasteiger partial charge in [0.25, 0.3) is 0 Å². The first-order chi connectivity index (χ1) is 23.9. The van der Waals surface area contributed by atoms with Crippen LogP contribution in [0.5, 0.6) is 5.75 Å². The van der Waals surface area contributed by atoms with Gasteiger partial charge in [0, 0.05) is 81.8 Å². The lowest BCUT2D eigenvalue weighted by molar-refractivity contribution is -0.138. The average molecular weight is 738 g/mol. The van der Waals surface area contributed by atoms with E-state index in [0.29, 0.717) is 63.7 Å². The number of phenolic OH excluding ortho intramolecular Hbond substituents is 1. The van der Waals surface area contributed by atoms with E-state index in [1.165, 1.54) is 6.07 Å². The number of likely N-dealkylation sites (N-methyl/N-ethyl adjacent to an activating group) is 1. The molecule has 5 aliphatic rings. The van der Waals surface area contributed by atoms with E-state index in [-0.39, 0.29) is 30.0 Å². The minimum absolute atomic E-state index is 0.0587. The van der Waals surface area contributed by atoms with Crippen LogP contribution < -0.4 is 10.6 Å². The van der Waals surface area contributed by atoms with Crippen LogP contribution >= 0.6 is 22.9 Å². The van der Waals surface area contributed by atoms with Gasteiger partial charge in [-0.25, -0.2) is 9.59 Å². The Bertz CT molecular complexity index is 1610. The zero-order chi connectivity index (χ0) is 35.3. The van der Waals surface area contributed by atoms with Crippen LogP contribution in [-0.4, -0.2) is 131 Å². The molecule has 1 aromatic carbocycles. The van der Waals surface area contributed by atoms with Gasteiger partial charge in [-0.2, -0.15) is 13.2 Å². The molecule has 2 bridgehead atoms. The molecule has 11 nitrogen and oxygen atoms in total. The van der Waals surface area contributed by atoms with E-state index < -0.39 is 34.6 Å². The van der Waals surface area contributed by atoms with Gasteiger partial charge in [0.15, 0.2) is 0 Å². The molecule has 2 aromatic rings. The molecule has 3 N–H and O–H groups in total. The second-order valence-corrected chi connectivity index (χ2v) is 15.5. The van der Waals surface area contributed by atoms with Crippen molar-refractivity contribution < 1.29 is 32.7 Å². The maximum absolute atomic E-state index is 14.1. The number of thiophene rings is 1. The molecule has 0 spiro atoms. The maximum Gasteiger partial charge on any atom is 0.420 e. The first kappa shape index (κ1) is 35.1. The largest absolute Gasteiger partial charge is 0.506 e. The standard InChI is InChI=1S/C34H43ClF3N7O4S/c1-41-16-25-15-24(41)17-45(25)23-3-7-42(8-4-23)31(47)28(14-20-12-26(34(36,37)38)30(46)27(35)13-20)39-32(48)43-9-5-22(6-10-43)44-11-2-21-18-50-19-29(21)40-33(44)49/h12-13,18-19,22-25,28,46H,2-11,14-17H2,1H3,(H,39,48)(H,40,49)/t24?,25?,28-/m1/s1. The van der Waals surface area contributed by atoms with E-state index in [4.69, 9.17) is 11.6 Å². The number of nitrogens with one attached hydrogen (secondary N) is 2. The van der Waals surface area contributed by atoms with E-state index in [2.05, 4.69) is 27.5 Å². The number of carbonyl (C=O) groups excluding carboxylic acids is 3. The van der Waals surface area contributed by atoms with Gasteiger partial charge in [-0.05, 0) is 74.2 Å². The minimum atomic E-state index is -4.86. The fourth-order valence-corrected chi connectivity index (χ4v) is 9.60. The van der Waals surface area contributed by atoms with E-state index >= 15 is 0 Å². The Morgan fingerprint density at radius 2 is 1.70 bits per heavy atom. The van der Waals surface area contributed by atoms with Gasteiger partial charge in [0.05, 0.1) is 16.3 Å². The van der Waals surface area contributed by atoms with E-state index in [0.717, 1.165) is 56.1 Å². The number of phenols is 1. The molecule has 3 atom stereocenters. The van der Waals surface area contributed by atoms with Crippen LogP contribution in [0.4, 0.5) is 28.4 Å². The monoisotopic (exact) mass is 737 g/mol. The normalized spacial score (nSPS) is 24.7. The summed E-state index contributed by atoms with van der Waals surface area (Å²) in [5, 5.41) is 19.3. The summed E-state index contributed by atoms with van der Waals surface area (Å²) in [6, 6.07) is 1.60. The molecule has 1 aromatic heterocycles. The third-order valence-electron chi connectivity index (χ3n) is 11.3. The van der Waals surface area contributed by atoms with Crippen molar-refractivity contribution in [3.05, 3.63) is 44.6 Å². The lowest BCUT2D eigenvalue weighted by atomic mass is 9.98. The van der Waals surface area contributed by atoms with Crippen molar-refractivity contribution in [2.24, 2.45) is 0 Å². The Hall–Kier alpha value is -3.27. The van der Waals surface area contributed by atoms with Crippen molar-refractivity contribution in [2.45, 2.75) is 81.3 Å². The molecule has 4 fully saturated rings. The molecule has 4 saturated heterocycles. The summed E-state index contributed by atoms with van der Waals surface area (Å²) in [6.45, 7) is 4.32. The number of anilines is 1. The molecular formula is C34H43ClF3N7O4S. The highest BCUT2D eigenvalue weighted by atomic mass is 35.5. The highest BCUT2D eigenvalue weighted by Gasteiger charge is 2.45. The smallest absolute Gasteiger partial charge is 0.420 e. The molecular weight excluding hydrogens is 695 g/mol. The molecule has 5 aliphatic heterocycles. The molecule has 0 saturated carbocycles. The maximum atomic E-state index is 14.1. The predicted molar refractivity (Wildman–Crippen MR) is 184 cm³/mol. The van der Waals surface area contributed by atoms with Crippen LogP contribution in [-0.2, 0) is 23.8 Å². The number of carbonyl (C=O) groups is 3. The minimum Gasteiger partial charge on any atom is -0.506 e. The number of hydrogen-bond acceptors (Lipinski definition) is 7. The van der Waals surface area contributed by atoms with Crippen molar-refractivity contribution >= 4 is 46.6 Å². The number of piperazine rings is 1. The number of alkyl halides is 3. The SMILES string of the molecule is CN1CC2CC1CN2C1CCN(C(=O)[C@@H](Cc2cc(Cl)c(O)c(C(F)(F)F)c2)NC(=O)N2CCC(N3CCc4cscc4NC3=O)CC2)CC1. The first-order valence-electron chi connectivity index (χ1n) is 17.4. The Morgan fingerprint density at radius 3 is 2.36 bits per heavy atom. The van der Waals surface area contributed by atoms with Crippen LogP contribution in [0.1, 0.15) is 48.8 Å². The Morgan fingerprint density at radius 1 is 1.00 bits per heavy atom. The van der Waals surface area contributed by atoms with Crippen molar-refractivity contribution in [2.75, 3.05) is 58.2 Å². The van der Waals surface area contributed by atoms with Crippen LogP contribution in [0, 0.1) is 0 Å². The Labute approximate surface area is 298 Å². The third kappa shape index (κ3) is 7.10. The van der Waals surface area contributed by atoms with Crippen molar-refractivity contribution in [1.82, 2.24) is 29.8 Å². The van der Waals surface area contributed by atoms with Gasteiger partial charge in [-0.15, -0.1) is 11.3 Å².